The quantitative estimate of drug-likeness (QED) is 0.666. The van der Waals surface area contributed by atoms with Crippen LogP contribution in [0.3, 0.4) is 0 Å². The van der Waals surface area contributed by atoms with Gasteiger partial charge in [-0.1, -0.05) is 0 Å². The van der Waals surface area contributed by atoms with Gasteiger partial charge in [-0.15, -0.1) is 23.1 Å². The zero-order valence-electron chi connectivity index (χ0n) is 7.58. The molecule has 0 aliphatic carbocycles. The summed E-state index contributed by atoms with van der Waals surface area (Å²) in [7, 11) is 0. The van der Waals surface area contributed by atoms with E-state index in [4.69, 9.17) is 0 Å². The summed E-state index contributed by atoms with van der Waals surface area (Å²) in [5.41, 5.74) is 1.03. The minimum atomic E-state index is 0.125. The molecule has 1 N–H and O–H groups in total. The molecule has 0 amide bonds. The number of fused-ring (bicyclic) bond motifs is 1. The number of halogens is 1. The van der Waals surface area contributed by atoms with Crippen LogP contribution in [0.4, 0.5) is 0 Å². The van der Waals surface area contributed by atoms with Gasteiger partial charge < -0.3 is 5.11 Å². The van der Waals surface area contributed by atoms with Crippen LogP contribution in [0.15, 0.2) is 22.4 Å². The van der Waals surface area contributed by atoms with E-state index in [-0.39, 0.29) is 6.61 Å². The van der Waals surface area contributed by atoms with Crippen molar-refractivity contribution in [3.8, 4) is 0 Å². The first-order chi connectivity index (χ1) is 6.77. The third kappa shape index (κ3) is 1.68. The normalized spacial score (nSPS) is 11.1. The maximum Gasteiger partial charge on any atom is 0.0693 e. The van der Waals surface area contributed by atoms with Gasteiger partial charge in [0.1, 0.15) is 0 Å². The summed E-state index contributed by atoms with van der Waals surface area (Å²) in [5, 5.41) is 12.6. The van der Waals surface area contributed by atoms with Crippen LogP contribution in [0, 0.1) is 3.57 Å². The fourth-order valence-electron chi connectivity index (χ4n) is 1.42. The van der Waals surface area contributed by atoms with Crippen molar-refractivity contribution in [1.82, 2.24) is 0 Å². The van der Waals surface area contributed by atoms with Gasteiger partial charge in [0, 0.05) is 18.6 Å². The average Bonchev–Trinajstić information content (AvgIpc) is 2.64. The summed E-state index contributed by atoms with van der Waals surface area (Å²) < 4.78 is 2.45. The van der Waals surface area contributed by atoms with Crippen LogP contribution in [0.2, 0.25) is 0 Å². The van der Waals surface area contributed by atoms with Gasteiger partial charge in [-0.05, 0) is 51.9 Å². The van der Waals surface area contributed by atoms with Gasteiger partial charge in [0.05, 0.1) is 6.61 Å². The lowest BCUT2D eigenvalue weighted by Gasteiger charge is -2.07. The number of hydrogen-bond donors (Lipinski definition) is 1. The maximum atomic E-state index is 9.23. The van der Waals surface area contributed by atoms with Crippen LogP contribution < -0.4 is 0 Å². The van der Waals surface area contributed by atoms with E-state index in [1.165, 1.54) is 18.6 Å². The van der Waals surface area contributed by atoms with E-state index >= 15 is 0 Å². The van der Waals surface area contributed by atoms with Crippen molar-refractivity contribution in [1.29, 1.82) is 0 Å². The Morgan fingerprint density at radius 2 is 2.36 bits per heavy atom. The minimum absolute atomic E-state index is 0.125. The number of benzene rings is 1. The van der Waals surface area contributed by atoms with Gasteiger partial charge in [-0.3, -0.25) is 0 Å². The second-order valence-corrected chi connectivity index (χ2v) is 5.72. The second-order valence-electron chi connectivity index (χ2n) is 2.87. The molecule has 2 aromatic rings. The standard InChI is InChI=1S/C10H9IOS2/c1-13-10-7-2-3-14-8(7)4-6(5-12)9(10)11/h2-4,12H,5H2,1H3. The molecule has 0 radical (unpaired) electrons. The highest BCUT2D eigenvalue weighted by molar-refractivity contribution is 14.1. The Bertz CT molecular complexity index is 464. The first-order valence-electron chi connectivity index (χ1n) is 4.11. The molecule has 0 atom stereocenters. The van der Waals surface area contributed by atoms with Gasteiger partial charge in [0.15, 0.2) is 0 Å². The zero-order chi connectivity index (χ0) is 10.1. The molecule has 1 heterocycles. The third-order valence-corrected chi connectivity index (χ3v) is 5.40. The van der Waals surface area contributed by atoms with E-state index in [0.717, 1.165) is 5.56 Å². The second kappa shape index (κ2) is 4.38. The number of rotatable bonds is 2. The number of aliphatic hydroxyl groups excluding tert-OH is 1. The number of thioether (sulfide) groups is 1. The lowest BCUT2D eigenvalue weighted by atomic mass is 10.2. The highest BCUT2D eigenvalue weighted by Crippen LogP contribution is 2.36. The van der Waals surface area contributed by atoms with E-state index in [1.807, 2.05) is 0 Å². The summed E-state index contributed by atoms with van der Waals surface area (Å²) in [5.74, 6) is 0. The lowest BCUT2D eigenvalue weighted by molar-refractivity contribution is 0.281. The minimum Gasteiger partial charge on any atom is -0.392 e. The average molecular weight is 336 g/mol. The molecule has 4 heteroatoms. The summed E-state index contributed by atoms with van der Waals surface area (Å²) in [4.78, 5) is 1.29. The Morgan fingerprint density at radius 3 is 3.00 bits per heavy atom. The topological polar surface area (TPSA) is 20.2 Å². The van der Waals surface area contributed by atoms with Crippen LogP contribution in [0.1, 0.15) is 5.56 Å². The summed E-state index contributed by atoms with van der Waals surface area (Å²) in [6, 6.07) is 4.23. The van der Waals surface area contributed by atoms with Crippen molar-refractivity contribution in [3.63, 3.8) is 0 Å². The molecule has 74 valence electrons. The molecule has 0 unspecified atom stereocenters. The maximum absolute atomic E-state index is 9.23. The van der Waals surface area contributed by atoms with Crippen molar-refractivity contribution in [2.45, 2.75) is 11.5 Å². The predicted octanol–water partition coefficient (Wildman–Crippen LogP) is 3.72. The van der Waals surface area contributed by atoms with Gasteiger partial charge >= 0.3 is 0 Å². The lowest BCUT2D eigenvalue weighted by Crippen LogP contribution is -1.90. The molecule has 1 aromatic carbocycles. The highest BCUT2D eigenvalue weighted by atomic mass is 127. The SMILES string of the molecule is CSc1c(I)c(CO)cc2sccc12. The molecule has 0 aliphatic heterocycles. The Morgan fingerprint density at radius 1 is 1.57 bits per heavy atom. The van der Waals surface area contributed by atoms with Crippen molar-refractivity contribution >= 4 is 55.8 Å². The molecule has 0 saturated carbocycles. The first-order valence-corrected chi connectivity index (χ1v) is 7.29. The fourth-order valence-corrected chi connectivity index (χ4v) is 4.33. The zero-order valence-corrected chi connectivity index (χ0v) is 11.4. The molecule has 1 nitrogen and oxygen atoms in total. The molecule has 0 spiro atoms. The molecule has 0 fully saturated rings. The first kappa shape index (κ1) is 10.7. The monoisotopic (exact) mass is 336 g/mol. The molecule has 2 rings (SSSR count). The van der Waals surface area contributed by atoms with E-state index < -0.39 is 0 Å². The molecule has 1 aromatic heterocycles. The number of aliphatic hydroxyl groups is 1. The van der Waals surface area contributed by atoms with Crippen molar-refractivity contribution in [2.24, 2.45) is 0 Å². The van der Waals surface area contributed by atoms with Crippen molar-refractivity contribution in [2.75, 3.05) is 6.26 Å². The van der Waals surface area contributed by atoms with E-state index in [0.29, 0.717) is 0 Å². The van der Waals surface area contributed by atoms with Crippen LogP contribution >= 0.6 is 45.7 Å². The molecule has 0 aliphatic rings. The van der Waals surface area contributed by atoms with Crippen molar-refractivity contribution in [3.05, 3.63) is 26.6 Å². The van der Waals surface area contributed by atoms with Gasteiger partial charge in [0.25, 0.3) is 0 Å². The Balaban J connectivity index is 2.80. The van der Waals surface area contributed by atoms with Gasteiger partial charge in [-0.2, -0.15) is 0 Å². The summed E-state index contributed by atoms with van der Waals surface area (Å²) in [6.07, 6.45) is 2.08. The smallest absolute Gasteiger partial charge is 0.0693 e. The van der Waals surface area contributed by atoms with E-state index in [9.17, 15) is 5.11 Å². The predicted molar refractivity (Wildman–Crippen MR) is 72.2 cm³/mol. The Hall–Kier alpha value is 0.220. The molecule has 0 bridgehead atoms. The van der Waals surface area contributed by atoms with Crippen LogP contribution in [0.25, 0.3) is 10.1 Å². The van der Waals surface area contributed by atoms with Crippen LogP contribution in [-0.2, 0) is 6.61 Å². The fraction of sp³-hybridized carbons (Fsp3) is 0.200. The number of thiophene rings is 1. The van der Waals surface area contributed by atoms with Gasteiger partial charge in [0.2, 0.25) is 0 Å². The van der Waals surface area contributed by atoms with Gasteiger partial charge in [-0.25, -0.2) is 0 Å². The van der Waals surface area contributed by atoms with Crippen LogP contribution in [-0.4, -0.2) is 11.4 Å². The molecule has 14 heavy (non-hydrogen) atoms. The Kier molecular flexibility index (Phi) is 3.36. The highest BCUT2D eigenvalue weighted by Gasteiger charge is 2.10. The number of hydrogen-bond acceptors (Lipinski definition) is 3. The third-order valence-electron chi connectivity index (χ3n) is 2.10. The Labute approximate surface area is 105 Å². The summed E-state index contributed by atoms with van der Waals surface area (Å²) in [6.45, 7) is 0.125. The van der Waals surface area contributed by atoms with E-state index in [2.05, 4.69) is 46.4 Å². The van der Waals surface area contributed by atoms with Crippen molar-refractivity contribution < 1.29 is 5.11 Å². The van der Waals surface area contributed by atoms with E-state index in [1.54, 1.807) is 23.1 Å². The largest absolute Gasteiger partial charge is 0.392 e. The molecular formula is C10H9IOS2. The molecule has 0 saturated heterocycles. The molecular weight excluding hydrogens is 327 g/mol. The summed E-state index contributed by atoms with van der Waals surface area (Å²) >= 11 is 5.78. The van der Waals surface area contributed by atoms with Crippen LogP contribution in [0.5, 0.6) is 0 Å².